The maximum absolute atomic E-state index is 16.1. The average molecular weight is 2100 g/mol. The maximum atomic E-state index is 16.1. The number of phenols is 1. The average Bonchev–Trinajstić information content (AvgIpc) is 1.65. The van der Waals surface area contributed by atoms with Crippen LogP contribution in [-0.2, 0) is 126 Å². The second kappa shape index (κ2) is 58.2. The molecule has 2 aromatic heterocycles. The highest BCUT2D eigenvalue weighted by Crippen LogP contribution is 2.29. The molecular formula is C101H142N22O25S. The molecule has 0 spiro atoms. The Balaban J connectivity index is 1.19. The van der Waals surface area contributed by atoms with Crippen LogP contribution in [0.2, 0.25) is 0 Å². The van der Waals surface area contributed by atoms with Gasteiger partial charge in [0.25, 0.3) is 0 Å². The number of phenolic OH excluding ortho intramolecular Hbond substituents is 1. The molecule has 3 aliphatic heterocycles. The second-order valence-electron chi connectivity index (χ2n) is 38.4. The van der Waals surface area contributed by atoms with E-state index in [1.54, 1.807) is 82.4 Å². The SMILES string of the molecule is C#CC[C@H](NC(=O)CNC(=O)CNC(=O)CNC(=O)CC1CSCC(=O)N[C@@H](Cc2ccc(O)cc2)C(=O)N(C)[C@@H](C)C(=O)N[C@@H](CC=O)C(=O)N2CCC[C@H]2C(=O)N[C@@H](CN)C(=O)N[C@@H](CC(C)C)C(=O)N2C[C@H](O)C[C@H]2C(=O)N[C@@H](Cc2c[nH]c3ccccc23)C(=O)N[C@@H](CCN)C(=O)N[C@@H](Cc2cn(CC(=O)O)c3ccccc23)C(=O)N(C)[C@@H](CCCC)C(=O)N(C)[C@@H](CCCC)C(=O)N[C@@H](CC(C)C)C(=O)N1)C(=O)O. The first-order valence-electron chi connectivity index (χ1n) is 49.9. The minimum absolute atomic E-state index is 0.00916. The molecule has 5 heterocycles. The molecule has 18 amide bonds. The zero-order chi connectivity index (χ0) is 110. The van der Waals surface area contributed by atoms with Crippen LogP contribution in [0.15, 0.2) is 85.2 Å². The van der Waals surface area contributed by atoms with Crippen LogP contribution < -0.4 is 80.6 Å². The van der Waals surface area contributed by atoms with Crippen LogP contribution >= 0.6 is 11.8 Å². The van der Waals surface area contributed by atoms with E-state index in [0.717, 1.165) is 36.3 Å². The number of benzene rings is 3. The van der Waals surface area contributed by atoms with Gasteiger partial charge in [-0.05, 0) is 111 Å². The summed E-state index contributed by atoms with van der Waals surface area (Å²) in [6.45, 7) is 7.63. The number of hydrogen-bond donors (Lipinski definition) is 20. The number of aldehydes is 1. The van der Waals surface area contributed by atoms with Crippen LogP contribution in [0, 0.1) is 24.2 Å². The number of fused-ring (bicyclic) bond motifs is 4. The minimum atomic E-state index is -1.69. The predicted molar refractivity (Wildman–Crippen MR) is 546 cm³/mol. The number of unbranched alkanes of at least 4 members (excludes halogenated alkanes) is 2. The number of H-pyrrole nitrogens is 1. The number of aliphatic hydroxyl groups excluding tert-OH is 1. The van der Waals surface area contributed by atoms with Crippen LogP contribution in [0.5, 0.6) is 5.75 Å². The molecular weight excluding hydrogens is 1950 g/mol. The molecule has 8 rings (SSSR count). The summed E-state index contributed by atoms with van der Waals surface area (Å²) in [7, 11) is 3.88. The van der Waals surface area contributed by atoms with Gasteiger partial charge < -0.3 is 140 Å². The Hall–Kier alpha value is -14.6. The number of aromatic amines is 1. The fourth-order valence-corrected chi connectivity index (χ4v) is 18.8. The maximum Gasteiger partial charge on any atom is 0.327 e. The Morgan fingerprint density at radius 2 is 1.09 bits per heavy atom. The molecule has 812 valence electrons. The number of nitrogens with one attached hydrogen (secondary N) is 14. The monoisotopic (exact) mass is 2100 g/mol. The molecule has 0 aliphatic carbocycles. The number of carbonyl (C=O) groups excluding carboxylic acids is 19. The molecule has 22 N–H and O–H groups in total. The molecule has 47 nitrogen and oxygen atoms in total. The zero-order valence-electron chi connectivity index (χ0n) is 85.5. The third-order valence-electron chi connectivity index (χ3n) is 26.0. The number of carboxylic acids is 2. The summed E-state index contributed by atoms with van der Waals surface area (Å²) in [5, 5.41) is 75.8. The number of rotatable bonds is 34. The minimum Gasteiger partial charge on any atom is -0.508 e. The number of para-hydroxylation sites is 2. The number of aliphatic carboxylic acids is 2. The number of terminal acetylenes is 1. The number of hydrogen-bond acceptors (Lipinski definition) is 26. The molecule has 48 heteroatoms. The van der Waals surface area contributed by atoms with Crippen molar-refractivity contribution in [2.45, 2.75) is 267 Å². The summed E-state index contributed by atoms with van der Waals surface area (Å²) in [5.74, 6) is -18.8. The number of aromatic hydroxyl groups is 1. The standard InChI is InChI=1S/C101H142N22O25S/c1-12-15-26-78-93(139)113-71(39-56(4)5)90(136)108-62(44-82(127)105-48-83(128)106-49-84(129)107-50-85(130)109-70(22-14-3)101(147)148)54-149-55-86(131)110-74(41-59-30-32-63(125)33-31-59)96(142)118(9)58(8)88(134)112-69(35-38-124)98(144)122-37-21-29-79(122)94(140)117-76(46-103)92(138)115-73(40-57(6)7)99(145)123-52-64(126)45-81(123)95(141)114-72(42-60-47-104-67-25-19-17-23-65(60)67)91(137)111-68(34-36-102)89(135)116-75(97(143)120(11)80(27-16-13-2)100(146)119(78)10)43-61-51-121(53-87(132)133)77-28-20-18-24-66(61)77/h3,17-20,23-25,28,30-33,38,47,51,56-58,62,64,68-76,78-81,104,125-126H,12-13,15-16,21-22,26-27,29,34-37,39-46,48-50,52-55,102-103H2,1-2,4-11H3,(H,105,127)(H,106,128)(H,107,129)(H,108,136)(H,109,130)(H,110,131)(H,111,137)(H,112,134)(H,113,139)(H,114,141)(H,115,138)(H,116,135)(H,117,140)(H,132,133)(H,147,148)/t58-,62?,64+,68-,69-,70-,71-,72-,73-,74-,75-,76-,78-,79-,80-,81-/m0/s1. The number of carboxylic acid groups (broad SMARTS) is 2. The number of likely N-dealkylation sites (N-methyl/N-ethyl adjacent to an activating group) is 3. The Morgan fingerprint density at radius 3 is 1.72 bits per heavy atom. The summed E-state index contributed by atoms with van der Waals surface area (Å²) in [4.78, 5) is 310. The Morgan fingerprint density at radius 1 is 0.557 bits per heavy atom. The van der Waals surface area contributed by atoms with Crippen LogP contribution in [0.4, 0.5) is 0 Å². The van der Waals surface area contributed by atoms with Crippen molar-refractivity contribution in [1.29, 1.82) is 0 Å². The summed E-state index contributed by atoms with van der Waals surface area (Å²) in [6.07, 6.45) is 5.32. The number of aromatic nitrogens is 2. The predicted octanol–water partition coefficient (Wildman–Crippen LogP) is -2.80. The van der Waals surface area contributed by atoms with Crippen LogP contribution in [0.25, 0.3) is 21.8 Å². The summed E-state index contributed by atoms with van der Waals surface area (Å²) in [5.41, 5.74) is 14.8. The molecule has 149 heavy (non-hydrogen) atoms. The normalized spacial score (nSPS) is 23.6. The van der Waals surface area contributed by atoms with E-state index in [9.17, 15) is 82.8 Å². The smallest absolute Gasteiger partial charge is 0.327 e. The van der Waals surface area contributed by atoms with Gasteiger partial charge in [-0.25, -0.2) is 4.79 Å². The Labute approximate surface area is 867 Å². The van der Waals surface area contributed by atoms with Crippen molar-refractivity contribution in [2.24, 2.45) is 23.3 Å². The summed E-state index contributed by atoms with van der Waals surface area (Å²) in [6, 6.07) is -3.56. The van der Waals surface area contributed by atoms with Crippen molar-refractivity contribution in [2.75, 3.05) is 78.5 Å². The summed E-state index contributed by atoms with van der Waals surface area (Å²) < 4.78 is 1.43. The Kier molecular flexibility index (Phi) is 46.7. The van der Waals surface area contributed by atoms with E-state index in [1.807, 2.05) is 13.8 Å². The van der Waals surface area contributed by atoms with Crippen LogP contribution in [0.1, 0.15) is 161 Å². The van der Waals surface area contributed by atoms with Gasteiger partial charge in [-0.1, -0.05) is 116 Å². The van der Waals surface area contributed by atoms with Gasteiger partial charge in [-0.3, -0.25) is 91.1 Å². The first-order chi connectivity index (χ1) is 70.8. The zero-order valence-corrected chi connectivity index (χ0v) is 86.4. The molecule has 0 saturated carbocycles. The van der Waals surface area contributed by atoms with Crippen molar-refractivity contribution in [3.63, 3.8) is 0 Å². The van der Waals surface area contributed by atoms with E-state index >= 15 is 38.4 Å². The highest BCUT2D eigenvalue weighted by atomic mass is 32.2. The van der Waals surface area contributed by atoms with E-state index < -0.39 is 286 Å². The second-order valence-corrected chi connectivity index (χ2v) is 39.4. The van der Waals surface area contributed by atoms with E-state index in [4.69, 9.17) is 17.9 Å². The highest BCUT2D eigenvalue weighted by Gasteiger charge is 2.47. The fraction of sp³-hybridized carbons (Fsp3) is 0.554. The third-order valence-corrected chi connectivity index (χ3v) is 27.1. The number of nitrogens with two attached hydrogens (primary N) is 2. The molecule has 0 bridgehead atoms. The van der Waals surface area contributed by atoms with Crippen molar-refractivity contribution < 1.29 is 121 Å². The van der Waals surface area contributed by atoms with Gasteiger partial charge in [0.15, 0.2) is 0 Å². The number of aliphatic hydroxyl groups is 1. The lowest BCUT2D eigenvalue weighted by molar-refractivity contribution is -0.149. The molecule has 5 aromatic rings. The van der Waals surface area contributed by atoms with E-state index in [2.05, 4.69) is 80.0 Å². The van der Waals surface area contributed by atoms with Gasteiger partial charge in [-0.15, -0.1) is 24.1 Å². The number of carbonyl (C=O) groups is 21. The Bertz CT molecular complexity index is 5650. The van der Waals surface area contributed by atoms with Crippen molar-refractivity contribution in [1.82, 2.24) is 103 Å². The van der Waals surface area contributed by atoms with Crippen molar-refractivity contribution in [3.05, 3.63) is 102 Å². The van der Waals surface area contributed by atoms with Gasteiger partial charge in [0.1, 0.15) is 103 Å². The lowest BCUT2D eigenvalue weighted by Gasteiger charge is -2.36. The molecule has 1 unspecified atom stereocenters. The molecule has 3 aromatic carbocycles. The van der Waals surface area contributed by atoms with Crippen LogP contribution in [0.3, 0.4) is 0 Å². The molecule has 3 fully saturated rings. The van der Waals surface area contributed by atoms with E-state index in [-0.39, 0.29) is 107 Å². The third kappa shape index (κ3) is 35.0. The van der Waals surface area contributed by atoms with E-state index in [0.29, 0.717) is 64.0 Å². The quantitative estimate of drug-likeness (QED) is 0.0146. The molecule has 3 aliphatic rings. The molecule has 0 radical (unpaired) electrons. The van der Waals surface area contributed by atoms with E-state index in [1.165, 1.54) is 63.1 Å². The van der Waals surface area contributed by atoms with Gasteiger partial charge in [0.05, 0.1) is 31.5 Å². The van der Waals surface area contributed by atoms with Crippen LogP contribution in [-0.4, -0.2) is 354 Å². The lowest BCUT2D eigenvalue weighted by atomic mass is 9.99. The van der Waals surface area contributed by atoms with Gasteiger partial charge in [0, 0.05) is 132 Å². The first-order valence-corrected chi connectivity index (χ1v) is 51.1. The highest BCUT2D eigenvalue weighted by molar-refractivity contribution is 8.00. The number of nitrogens with zero attached hydrogens (tertiary/aromatic N) is 6. The van der Waals surface area contributed by atoms with Gasteiger partial charge in [-0.2, -0.15) is 0 Å². The lowest BCUT2D eigenvalue weighted by Crippen LogP contribution is -2.61. The van der Waals surface area contributed by atoms with Gasteiger partial charge in [0.2, 0.25) is 106 Å². The molecule has 3 saturated heterocycles. The topological polar surface area (TPSA) is 685 Å². The van der Waals surface area contributed by atoms with Gasteiger partial charge >= 0.3 is 11.9 Å². The first kappa shape index (κ1) is 120. The van der Waals surface area contributed by atoms with Crippen molar-refractivity contribution >= 4 is 158 Å². The summed E-state index contributed by atoms with van der Waals surface area (Å²) >= 11 is 0.830. The number of thioether (sulfide) groups is 1. The van der Waals surface area contributed by atoms with Crippen molar-refractivity contribution in [3.8, 4) is 18.1 Å². The fourth-order valence-electron chi connectivity index (χ4n) is 18.0. The molecule has 16 atom stereocenters. The number of amides is 18. The largest absolute Gasteiger partial charge is 0.508 e.